The molecule has 232 valence electrons. The standard InChI is InChI=1S/C35H32F2N2O6/c1-34(2,3)45-33(42)38-28(20-21-8-6-5-7-9-21)31(40)44-25-16-12-23(13-17-25)35(22-10-14-24(43-4)15-11-22)26-18-19-27(36)29(37)30(26)39-32(35)41/h5-19,28H,20H2,1-4H3,(H,38,42)(H,39,41). The van der Waals surface area contributed by atoms with Crippen LogP contribution in [0.5, 0.6) is 11.5 Å². The fraction of sp³-hybridized carbons (Fsp3) is 0.229. The quantitative estimate of drug-likeness (QED) is 0.178. The molecule has 5 rings (SSSR count). The summed E-state index contributed by atoms with van der Waals surface area (Å²) in [7, 11) is 1.51. The Morgan fingerprint density at radius 3 is 2.04 bits per heavy atom. The first-order chi connectivity index (χ1) is 21.4. The summed E-state index contributed by atoms with van der Waals surface area (Å²) in [5.74, 6) is -2.88. The minimum atomic E-state index is -1.55. The van der Waals surface area contributed by atoms with Gasteiger partial charge in [0.1, 0.15) is 28.6 Å². The van der Waals surface area contributed by atoms with E-state index in [9.17, 15) is 23.2 Å². The van der Waals surface area contributed by atoms with Crippen LogP contribution in [0.2, 0.25) is 0 Å². The van der Waals surface area contributed by atoms with Gasteiger partial charge in [0.05, 0.1) is 12.8 Å². The maximum atomic E-state index is 14.9. The molecule has 2 N–H and O–H groups in total. The van der Waals surface area contributed by atoms with Crippen LogP contribution in [0.1, 0.15) is 43.0 Å². The highest BCUT2D eigenvalue weighted by molar-refractivity contribution is 6.11. The number of benzene rings is 4. The number of carbonyl (C=O) groups excluding carboxylic acids is 3. The predicted octanol–water partition coefficient (Wildman–Crippen LogP) is 6.30. The largest absolute Gasteiger partial charge is 0.497 e. The lowest BCUT2D eigenvalue weighted by Crippen LogP contribution is -2.46. The fourth-order valence-electron chi connectivity index (χ4n) is 5.35. The molecule has 0 saturated heterocycles. The van der Waals surface area contributed by atoms with Crippen molar-refractivity contribution in [2.24, 2.45) is 0 Å². The van der Waals surface area contributed by atoms with Crippen molar-refractivity contribution >= 4 is 23.7 Å². The molecule has 0 spiro atoms. The lowest BCUT2D eigenvalue weighted by molar-refractivity contribution is -0.136. The number of fused-ring (bicyclic) bond motifs is 1. The Hall–Kier alpha value is -5.25. The molecule has 4 aromatic rings. The van der Waals surface area contributed by atoms with E-state index in [1.54, 1.807) is 57.2 Å². The van der Waals surface area contributed by atoms with Crippen molar-refractivity contribution in [1.82, 2.24) is 5.32 Å². The third-order valence-electron chi connectivity index (χ3n) is 7.36. The van der Waals surface area contributed by atoms with Crippen LogP contribution < -0.4 is 20.1 Å². The predicted molar refractivity (Wildman–Crippen MR) is 163 cm³/mol. The third-order valence-corrected chi connectivity index (χ3v) is 7.36. The lowest BCUT2D eigenvalue weighted by Gasteiger charge is -2.29. The number of hydrogen-bond acceptors (Lipinski definition) is 6. The van der Waals surface area contributed by atoms with Gasteiger partial charge in [-0.3, -0.25) is 4.79 Å². The van der Waals surface area contributed by atoms with Crippen LogP contribution in [0.3, 0.4) is 0 Å². The van der Waals surface area contributed by atoms with E-state index in [0.29, 0.717) is 16.9 Å². The van der Waals surface area contributed by atoms with Crippen molar-refractivity contribution in [3.05, 3.63) is 125 Å². The Bertz CT molecular complexity index is 1720. The average molecular weight is 615 g/mol. The number of ether oxygens (including phenoxy) is 3. The van der Waals surface area contributed by atoms with Crippen molar-refractivity contribution in [2.45, 2.75) is 44.2 Å². The van der Waals surface area contributed by atoms with E-state index in [2.05, 4.69) is 10.6 Å². The molecular weight excluding hydrogens is 582 g/mol. The summed E-state index contributed by atoms with van der Waals surface area (Å²) in [6.07, 6.45) is -0.622. The molecule has 2 atom stereocenters. The maximum absolute atomic E-state index is 14.9. The topological polar surface area (TPSA) is 103 Å². The van der Waals surface area contributed by atoms with Crippen molar-refractivity contribution in [3.63, 3.8) is 0 Å². The zero-order valence-corrected chi connectivity index (χ0v) is 25.2. The Morgan fingerprint density at radius 1 is 0.867 bits per heavy atom. The molecule has 45 heavy (non-hydrogen) atoms. The van der Waals surface area contributed by atoms with Gasteiger partial charge in [0.25, 0.3) is 0 Å². The van der Waals surface area contributed by atoms with Crippen LogP contribution in [-0.2, 0) is 26.2 Å². The number of nitrogens with one attached hydrogen (secondary N) is 2. The molecule has 1 aliphatic heterocycles. The first-order valence-corrected chi connectivity index (χ1v) is 14.2. The van der Waals surface area contributed by atoms with Crippen molar-refractivity contribution in [3.8, 4) is 11.5 Å². The van der Waals surface area contributed by atoms with E-state index in [-0.39, 0.29) is 23.4 Å². The summed E-state index contributed by atoms with van der Waals surface area (Å²) in [6, 6.07) is 23.3. The number of esters is 1. The molecule has 0 bridgehead atoms. The molecule has 0 aliphatic carbocycles. The van der Waals surface area contributed by atoms with Crippen molar-refractivity contribution in [2.75, 3.05) is 12.4 Å². The highest BCUT2D eigenvalue weighted by atomic mass is 19.2. The monoisotopic (exact) mass is 614 g/mol. The molecule has 1 heterocycles. The number of methoxy groups -OCH3 is 1. The molecule has 0 aromatic heterocycles. The van der Waals surface area contributed by atoms with Gasteiger partial charge >= 0.3 is 12.1 Å². The zero-order valence-electron chi connectivity index (χ0n) is 25.2. The first-order valence-electron chi connectivity index (χ1n) is 14.2. The molecule has 0 fully saturated rings. The fourth-order valence-corrected chi connectivity index (χ4v) is 5.35. The second-order valence-electron chi connectivity index (χ2n) is 11.6. The highest BCUT2D eigenvalue weighted by Gasteiger charge is 2.51. The highest BCUT2D eigenvalue weighted by Crippen LogP contribution is 2.49. The number of amides is 2. The second kappa shape index (κ2) is 12.4. The van der Waals surface area contributed by atoms with Crippen LogP contribution in [-0.4, -0.2) is 36.7 Å². The van der Waals surface area contributed by atoms with E-state index in [1.165, 1.54) is 25.3 Å². The van der Waals surface area contributed by atoms with E-state index in [4.69, 9.17) is 14.2 Å². The van der Waals surface area contributed by atoms with Gasteiger partial charge in [-0.2, -0.15) is 0 Å². The summed E-state index contributed by atoms with van der Waals surface area (Å²) in [4.78, 5) is 39.6. The van der Waals surface area contributed by atoms with Gasteiger partial charge in [-0.25, -0.2) is 18.4 Å². The molecule has 2 unspecified atom stereocenters. The Labute approximate surface area is 259 Å². The van der Waals surface area contributed by atoms with Gasteiger partial charge < -0.3 is 24.8 Å². The number of rotatable bonds is 8. The lowest BCUT2D eigenvalue weighted by atomic mass is 9.70. The zero-order chi connectivity index (χ0) is 32.4. The van der Waals surface area contributed by atoms with E-state index < -0.39 is 46.7 Å². The number of carbonyl (C=O) groups is 3. The van der Waals surface area contributed by atoms with Gasteiger partial charge in [0.2, 0.25) is 5.91 Å². The van der Waals surface area contributed by atoms with Crippen LogP contribution in [0.4, 0.5) is 19.3 Å². The normalized spacial score (nSPS) is 16.3. The molecule has 1 aliphatic rings. The number of anilines is 1. The van der Waals surface area contributed by atoms with Crippen molar-refractivity contribution < 1.29 is 37.4 Å². The Morgan fingerprint density at radius 2 is 1.47 bits per heavy atom. The minimum absolute atomic E-state index is 0.140. The minimum Gasteiger partial charge on any atom is -0.497 e. The van der Waals surface area contributed by atoms with Crippen LogP contribution in [0.15, 0.2) is 91.0 Å². The van der Waals surface area contributed by atoms with E-state index in [0.717, 1.165) is 11.6 Å². The number of halogens is 2. The summed E-state index contributed by atoms with van der Waals surface area (Å²) in [6.45, 7) is 5.14. The summed E-state index contributed by atoms with van der Waals surface area (Å²) in [5, 5.41) is 5.12. The molecule has 4 aromatic carbocycles. The first kappa shape index (κ1) is 31.2. The average Bonchev–Trinajstić information content (AvgIpc) is 3.31. The molecule has 10 heteroatoms. The molecule has 2 amide bonds. The number of alkyl carbamates (subject to hydrolysis) is 1. The molecular formula is C35H32F2N2O6. The summed E-state index contributed by atoms with van der Waals surface area (Å²) in [5.41, 5.74) is -0.647. The maximum Gasteiger partial charge on any atom is 0.408 e. The van der Waals surface area contributed by atoms with Gasteiger partial charge in [-0.15, -0.1) is 0 Å². The van der Waals surface area contributed by atoms with Crippen LogP contribution >= 0.6 is 0 Å². The Kier molecular flexibility index (Phi) is 8.59. The molecule has 8 nitrogen and oxygen atoms in total. The van der Waals surface area contributed by atoms with Crippen LogP contribution in [0.25, 0.3) is 0 Å². The van der Waals surface area contributed by atoms with E-state index in [1.807, 2.05) is 30.3 Å². The van der Waals surface area contributed by atoms with Crippen LogP contribution in [0, 0.1) is 11.6 Å². The van der Waals surface area contributed by atoms with Gasteiger partial charge in [-0.1, -0.05) is 60.7 Å². The van der Waals surface area contributed by atoms with E-state index >= 15 is 0 Å². The molecule has 0 radical (unpaired) electrons. The SMILES string of the molecule is COc1ccc(C2(c3ccc(OC(=O)C(Cc4ccccc4)NC(=O)OC(C)(C)C)cc3)C(=O)Nc3c2ccc(F)c3F)cc1. The summed E-state index contributed by atoms with van der Waals surface area (Å²) >= 11 is 0. The third kappa shape index (κ3) is 6.35. The van der Waals surface area contributed by atoms with Crippen molar-refractivity contribution in [1.29, 1.82) is 0 Å². The van der Waals surface area contributed by atoms with Gasteiger partial charge in [-0.05, 0) is 67.8 Å². The van der Waals surface area contributed by atoms with Gasteiger partial charge in [0.15, 0.2) is 11.6 Å². The van der Waals surface area contributed by atoms with Gasteiger partial charge in [0, 0.05) is 12.0 Å². The number of hydrogen-bond donors (Lipinski definition) is 2. The molecule has 0 saturated carbocycles. The second-order valence-corrected chi connectivity index (χ2v) is 11.6. The Balaban J connectivity index is 1.47. The smallest absolute Gasteiger partial charge is 0.408 e. The summed E-state index contributed by atoms with van der Waals surface area (Å²) < 4.78 is 45.3.